The molecule has 1 fully saturated rings. The highest BCUT2D eigenvalue weighted by Gasteiger charge is 2.24. The van der Waals surface area contributed by atoms with Gasteiger partial charge in [-0.2, -0.15) is 0 Å². The van der Waals surface area contributed by atoms with Crippen LogP contribution in [-0.4, -0.2) is 40.0 Å². The van der Waals surface area contributed by atoms with E-state index in [1.165, 1.54) is 0 Å². The van der Waals surface area contributed by atoms with Gasteiger partial charge in [-0.3, -0.25) is 9.59 Å². The number of carbonyl (C=O) groups excluding carboxylic acids is 1. The molecule has 6 heteroatoms. The van der Waals surface area contributed by atoms with E-state index in [1.54, 1.807) is 18.3 Å². The summed E-state index contributed by atoms with van der Waals surface area (Å²) in [5.74, 6) is -0.311. The van der Waals surface area contributed by atoms with Crippen LogP contribution in [-0.2, 0) is 4.79 Å². The van der Waals surface area contributed by atoms with Crippen LogP contribution < -0.4 is 0 Å². The van der Waals surface area contributed by atoms with Crippen LogP contribution in [0, 0.1) is 5.92 Å². The summed E-state index contributed by atoms with van der Waals surface area (Å²) in [6, 6.07) is 3.43. The third-order valence-corrected chi connectivity index (χ3v) is 4.08. The van der Waals surface area contributed by atoms with E-state index in [2.05, 4.69) is 20.9 Å². The van der Waals surface area contributed by atoms with E-state index in [9.17, 15) is 9.59 Å². The van der Waals surface area contributed by atoms with Crippen molar-refractivity contribution in [2.45, 2.75) is 25.7 Å². The third-order valence-electron chi connectivity index (χ3n) is 3.64. The van der Waals surface area contributed by atoms with Gasteiger partial charge in [-0.15, -0.1) is 0 Å². The van der Waals surface area contributed by atoms with Crippen LogP contribution in [0.3, 0.4) is 0 Å². The van der Waals surface area contributed by atoms with Crippen molar-refractivity contribution in [3.63, 3.8) is 0 Å². The highest BCUT2D eigenvalue weighted by Crippen LogP contribution is 2.23. The molecule has 0 unspecified atom stereocenters. The number of hydrogen-bond donors (Lipinski definition) is 1. The smallest absolute Gasteiger partial charge is 0.303 e. The summed E-state index contributed by atoms with van der Waals surface area (Å²) in [7, 11) is 0. The van der Waals surface area contributed by atoms with E-state index in [0.717, 1.165) is 12.8 Å². The molecule has 0 aliphatic carbocycles. The molecule has 2 heterocycles. The number of halogens is 1. The van der Waals surface area contributed by atoms with Crippen LogP contribution in [0.15, 0.2) is 22.9 Å². The van der Waals surface area contributed by atoms with Crippen molar-refractivity contribution in [2.75, 3.05) is 13.1 Å². The number of carboxylic acid groups (broad SMARTS) is 1. The molecule has 0 saturated carbocycles. The summed E-state index contributed by atoms with van der Waals surface area (Å²) in [6.45, 7) is 1.39. The average molecular weight is 341 g/mol. The zero-order valence-corrected chi connectivity index (χ0v) is 12.7. The maximum atomic E-state index is 12.3. The van der Waals surface area contributed by atoms with Gasteiger partial charge in [0.15, 0.2) is 0 Å². The molecule has 0 radical (unpaired) electrons. The monoisotopic (exact) mass is 340 g/mol. The number of hydrogen-bond acceptors (Lipinski definition) is 3. The molecule has 0 spiro atoms. The average Bonchev–Trinajstić information content (AvgIpc) is 2.45. The Morgan fingerprint density at radius 2 is 2.10 bits per heavy atom. The van der Waals surface area contributed by atoms with Gasteiger partial charge >= 0.3 is 5.97 Å². The van der Waals surface area contributed by atoms with Crippen molar-refractivity contribution >= 4 is 27.8 Å². The lowest BCUT2D eigenvalue weighted by Gasteiger charge is -2.32. The van der Waals surface area contributed by atoms with E-state index < -0.39 is 5.97 Å². The van der Waals surface area contributed by atoms with Gasteiger partial charge in [0.25, 0.3) is 5.91 Å². The number of aliphatic carboxylic acids is 1. The van der Waals surface area contributed by atoms with Crippen LogP contribution >= 0.6 is 15.9 Å². The molecule has 1 aliphatic rings. The standard InChI is InChI=1S/C14H17BrN2O3/c15-12-9-11(3-6-16-12)14(20)17-7-4-10(5-8-17)1-2-13(18)19/h3,6,9-10H,1-2,4-5,7-8H2,(H,18,19). The predicted octanol–water partition coefficient (Wildman–Crippen LogP) is 2.56. The van der Waals surface area contributed by atoms with Crippen molar-refractivity contribution in [3.8, 4) is 0 Å². The van der Waals surface area contributed by atoms with Crippen LogP contribution in [0.4, 0.5) is 0 Å². The molecule has 1 saturated heterocycles. The minimum atomic E-state index is -0.745. The number of carbonyl (C=O) groups is 2. The lowest BCUT2D eigenvalue weighted by atomic mass is 9.92. The van der Waals surface area contributed by atoms with Gasteiger partial charge in [0.05, 0.1) is 0 Å². The largest absolute Gasteiger partial charge is 0.481 e. The maximum Gasteiger partial charge on any atom is 0.303 e. The van der Waals surface area contributed by atoms with Gasteiger partial charge in [-0.05, 0) is 53.2 Å². The molecule has 20 heavy (non-hydrogen) atoms. The molecule has 1 aromatic rings. The molecular weight excluding hydrogens is 324 g/mol. The summed E-state index contributed by atoms with van der Waals surface area (Å²) in [5, 5.41) is 8.68. The first kappa shape index (κ1) is 15.0. The summed E-state index contributed by atoms with van der Waals surface area (Å²) in [6.07, 6.45) is 4.29. The summed E-state index contributed by atoms with van der Waals surface area (Å²) in [5.41, 5.74) is 0.635. The lowest BCUT2D eigenvalue weighted by Crippen LogP contribution is -2.38. The van der Waals surface area contributed by atoms with Gasteiger partial charge in [-0.25, -0.2) is 4.98 Å². The van der Waals surface area contributed by atoms with Crippen molar-refractivity contribution in [3.05, 3.63) is 28.5 Å². The van der Waals surface area contributed by atoms with Crippen molar-refractivity contribution in [1.29, 1.82) is 0 Å². The molecule has 1 amide bonds. The maximum absolute atomic E-state index is 12.3. The molecule has 1 aliphatic heterocycles. The molecule has 5 nitrogen and oxygen atoms in total. The van der Waals surface area contributed by atoms with Gasteiger partial charge in [0.2, 0.25) is 0 Å². The first-order valence-electron chi connectivity index (χ1n) is 6.69. The van der Waals surface area contributed by atoms with E-state index in [0.29, 0.717) is 35.6 Å². The Labute approximate surface area is 126 Å². The zero-order chi connectivity index (χ0) is 14.5. The van der Waals surface area contributed by atoms with Gasteiger partial charge in [0, 0.05) is 31.3 Å². The summed E-state index contributed by atoms with van der Waals surface area (Å²) in [4.78, 5) is 28.7. The molecular formula is C14H17BrN2O3. The number of rotatable bonds is 4. The Balaban J connectivity index is 1.87. The Morgan fingerprint density at radius 3 is 2.70 bits per heavy atom. The highest BCUT2D eigenvalue weighted by atomic mass is 79.9. The van der Waals surface area contributed by atoms with Crippen LogP contribution in [0.1, 0.15) is 36.0 Å². The number of aromatic nitrogens is 1. The summed E-state index contributed by atoms with van der Waals surface area (Å²) < 4.78 is 0.652. The molecule has 108 valence electrons. The number of nitrogens with zero attached hydrogens (tertiary/aromatic N) is 2. The number of pyridine rings is 1. The second-order valence-electron chi connectivity index (χ2n) is 5.04. The van der Waals surface area contributed by atoms with E-state index in [4.69, 9.17) is 5.11 Å². The van der Waals surface area contributed by atoms with Crippen molar-refractivity contribution in [2.24, 2.45) is 5.92 Å². The van der Waals surface area contributed by atoms with E-state index in [1.807, 2.05) is 4.90 Å². The number of piperidine rings is 1. The van der Waals surface area contributed by atoms with Crippen LogP contribution in [0.5, 0.6) is 0 Å². The topological polar surface area (TPSA) is 70.5 Å². The summed E-state index contributed by atoms with van der Waals surface area (Å²) >= 11 is 3.26. The molecule has 1 aromatic heterocycles. The Hall–Kier alpha value is -1.43. The van der Waals surface area contributed by atoms with Crippen LogP contribution in [0.2, 0.25) is 0 Å². The predicted molar refractivity (Wildman–Crippen MR) is 77.4 cm³/mol. The van der Waals surface area contributed by atoms with Gasteiger partial charge in [0.1, 0.15) is 4.60 Å². The minimum absolute atomic E-state index is 0.0183. The fourth-order valence-electron chi connectivity index (χ4n) is 2.47. The number of likely N-dealkylation sites (tertiary alicyclic amines) is 1. The molecule has 0 bridgehead atoms. The quantitative estimate of drug-likeness (QED) is 0.855. The van der Waals surface area contributed by atoms with E-state index in [-0.39, 0.29) is 12.3 Å². The van der Waals surface area contributed by atoms with Crippen molar-refractivity contribution < 1.29 is 14.7 Å². The molecule has 1 N–H and O–H groups in total. The molecule has 0 atom stereocenters. The minimum Gasteiger partial charge on any atom is -0.481 e. The zero-order valence-electron chi connectivity index (χ0n) is 11.1. The number of amides is 1. The Bertz CT molecular complexity index is 499. The van der Waals surface area contributed by atoms with Crippen molar-refractivity contribution in [1.82, 2.24) is 9.88 Å². The molecule has 0 aromatic carbocycles. The van der Waals surface area contributed by atoms with Crippen LogP contribution in [0.25, 0.3) is 0 Å². The highest BCUT2D eigenvalue weighted by molar-refractivity contribution is 9.10. The Kier molecular flexibility index (Phi) is 5.11. The van der Waals surface area contributed by atoms with E-state index >= 15 is 0 Å². The fraction of sp³-hybridized carbons (Fsp3) is 0.500. The first-order chi connectivity index (χ1) is 9.56. The third kappa shape index (κ3) is 4.03. The fourth-order valence-corrected chi connectivity index (χ4v) is 2.84. The second kappa shape index (κ2) is 6.83. The first-order valence-corrected chi connectivity index (χ1v) is 7.48. The lowest BCUT2D eigenvalue weighted by molar-refractivity contribution is -0.137. The molecule has 2 rings (SSSR count). The number of carboxylic acids is 1. The van der Waals surface area contributed by atoms with Gasteiger partial charge in [-0.1, -0.05) is 0 Å². The normalized spacial score (nSPS) is 16.1. The second-order valence-corrected chi connectivity index (χ2v) is 5.85. The van der Waals surface area contributed by atoms with Gasteiger partial charge < -0.3 is 10.0 Å². The Morgan fingerprint density at radius 1 is 1.40 bits per heavy atom. The SMILES string of the molecule is O=C(O)CCC1CCN(C(=O)c2ccnc(Br)c2)CC1.